The van der Waals surface area contributed by atoms with Crippen molar-refractivity contribution in [3.63, 3.8) is 0 Å². The number of benzene rings is 2. The number of anilines is 1. The van der Waals surface area contributed by atoms with Gasteiger partial charge >= 0.3 is 5.97 Å². The predicted octanol–water partition coefficient (Wildman–Crippen LogP) is 2.99. The topological polar surface area (TPSA) is 97.5 Å². The van der Waals surface area contributed by atoms with Crippen molar-refractivity contribution < 1.29 is 19.1 Å². The number of rotatable bonds is 6. The minimum atomic E-state index is -0.488. The molecule has 3 rings (SSSR count). The second-order valence-electron chi connectivity index (χ2n) is 5.87. The second kappa shape index (κ2) is 8.68. The van der Waals surface area contributed by atoms with Crippen LogP contribution in [0.4, 0.5) is 5.69 Å². The molecule has 0 saturated carbocycles. The molecule has 3 aromatic rings. The van der Waals surface area contributed by atoms with Gasteiger partial charge in [-0.2, -0.15) is 0 Å². The molecule has 142 valence electrons. The van der Waals surface area contributed by atoms with Gasteiger partial charge in [0.05, 0.1) is 12.7 Å². The van der Waals surface area contributed by atoms with Gasteiger partial charge in [0, 0.05) is 18.0 Å². The molecule has 2 N–H and O–H groups in total. The van der Waals surface area contributed by atoms with Gasteiger partial charge in [-0.3, -0.25) is 9.59 Å². The molecular formula is C21H18N2O5. The molecule has 0 atom stereocenters. The van der Waals surface area contributed by atoms with Crippen LogP contribution in [-0.4, -0.2) is 24.0 Å². The second-order valence-corrected chi connectivity index (χ2v) is 5.87. The van der Waals surface area contributed by atoms with E-state index in [4.69, 9.17) is 4.74 Å². The molecule has 28 heavy (non-hydrogen) atoms. The fourth-order valence-corrected chi connectivity index (χ4v) is 2.44. The number of H-pyrrole nitrogens is 1. The number of aromatic amines is 1. The maximum Gasteiger partial charge on any atom is 0.337 e. The van der Waals surface area contributed by atoms with E-state index in [2.05, 4.69) is 15.0 Å². The Morgan fingerprint density at radius 1 is 1.04 bits per heavy atom. The molecule has 1 heterocycles. The number of methoxy groups -OCH3 is 1. The normalized spacial score (nSPS) is 10.2. The molecule has 0 aliphatic heterocycles. The van der Waals surface area contributed by atoms with Crippen LogP contribution < -0.4 is 15.5 Å². The molecule has 0 spiro atoms. The maximum atomic E-state index is 12.3. The van der Waals surface area contributed by atoms with E-state index in [1.807, 2.05) is 30.3 Å². The summed E-state index contributed by atoms with van der Waals surface area (Å²) in [5.74, 6) is -0.825. The van der Waals surface area contributed by atoms with Crippen LogP contribution in [0.25, 0.3) is 0 Å². The van der Waals surface area contributed by atoms with Crippen molar-refractivity contribution in [2.24, 2.45) is 0 Å². The summed E-state index contributed by atoms with van der Waals surface area (Å²) < 4.78 is 10.1. The SMILES string of the molecule is COC(=O)c1ccc(NC(=O)c2cc(=O)c(OCc3ccccc3)c[nH]2)cc1. The quantitative estimate of drug-likeness (QED) is 0.643. The first kappa shape index (κ1) is 18.9. The van der Waals surface area contributed by atoms with Gasteiger partial charge in [0.1, 0.15) is 12.3 Å². The molecule has 0 unspecified atom stereocenters. The minimum Gasteiger partial charge on any atom is -0.483 e. The van der Waals surface area contributed by atoms with Gasteiger partial charge in [0.15, 0.2) is 5.75 Å². The zero-order valence-electron chi connectivity index (χ0n) is 15.1. The Bertz CT molecular complexity index is 1030. The Hall–Kier alpha value is -3.87. The van der Waals surface area contributed by atoms with E-state index in [9.17, 15) is 14.4 Å². The highest BCUT2D eigenvalue weighted by molar-refractivity contribution is 6.03. The first-order chi connectivity index (χ1) is 13.6. The third-order valence-corrected chi connectivity index (χ3v) is 3.92. The molecule has 0 radical (unpaired) electrons. The van der Waals surface area contributed by atoms with Gasteiger partial charge in [0.2, 0.25) is 5.43 Å². The van der Waals surface area contributed by atoms with Gasteiger partial charge in [-0.25, -0.2) is 4.79 Å². The lowest BCUT2D eigenvalue weighted by Crippen LogP contribution is -2.18. The van der Waals surface area contributed by atoms with Crippen molar-refractivity contribution in [3.05, 3.63) is 93.9 Å². The van der Waals surface area contributed by atoms with Crippen LogP contribution in [0.15, 0.2) is 71.7 Å². The lowest BCUT2D eigenvalue weighted by atomic mass is 10.2. The number of amides is 1. The van der Waals surface area contributed by atoms with Crippen LogP contribution in [0.5, 0.6) is 5.75 Å². The van der Waals surface area contributed by atoms with E-state index in [1.165, 1.54) is 31.5 Å². The maximum absolute atomic E-state index is 12.3. The molecule has 0 aliphatic carbocycles. The van der Waals surface area contributed by atoms with Gasteiger partial charge < -0.3 is 19.8 Å². The molecule has 0 aliphatic rings. The monoisotopic (exact) mass is 378 g/mol. The van der Waals surface area contributed by atoms with Crippen LogP contribution in [0.1, 0.15) is 26.4 Å². The van der Waals surface area contributed by atoms with Crippen molar-refractivity contribution in [1.82, 2.24) is 4.98 Å². The summed E-state index contributed by atoms with van der Waals surface area (Å²) in [5.41, 5.74) is 1.46. The number of ether oxygens (including phenoxy) is 2. The smallest absolute Gasteiger partial charge is 0.337 e. The number of nitrogens with one attached hydrogen (secondary N) is 2. The zero-order valence-corrected chi connectivity index (χ0v) is 15.1. The first-order valence-electron chi connectivity index (χ1n) is 8.46. The van der Waals surface area contributed by atoms with E-state index in [1.54, 1.807) is 12.1 Å². The number of carbonyl (C=O) groups is 2. The predicted molar refractivity (Wildman–Crippen MR) is 104 cm³/mol. The summed E-state index contributed by atoms with van der Waals surface area (Å²) in [7, 11) is 1.29. The fraction of sp³-hybridized carbons (Fsp3) is 0.0952. The van der Waals surface area contributed by atoms with Crippen molar-refractivity contribution >= 4 is 17.6 Å². The summed E-state index contributed by atoms with van der Waals surface area (Å²) in [6.45, 7) is 0.252. The lowest BCUT2D eigenvalue weighted by Gasteiger charge is -2.08. The number of hydrogen-bond donors (Lipinski definition) is 2. The molecule has 1 amide bonds. The summed E-state index contributed by atoms with van der Waals surface area (Å²) in [6, 6.07) is 16.8. The van der Waals surface area contributed by atoms with Crippen molar-refractivity contribution in [2.75, 3.05) is 12.4 Å². The van der Waals surface area contributed by atoms with Gasteiger partial charge in [0.25, 0.3) is 5.91 Å². The summed E-state index contributed by atoms with van der Waals surface area (Å²) >= 11 is 0. The van der Waals surface area contributed by atoms with Crippen LogP contribution in [-0.2, 0) is 11.3 Å². The minimum absolute atomic E-state index is 0.0918. The molecule has 1 aromatic heterocycles. The van der Waals surface area contributed by atoms with Gasteiger partial charge in [-0.1, -0.05) is 30.3 Å². The molecule has 0 saturated heterocycles. The average molecular weight is 378 g/mol. The highest BCUT2D eigenvalue weighted by atomic mass is 16.5. The molecule has 7 nitrogen and oxygen atoms in total. The Labute approximate surface area is 160 Å². The third kappa shape index (κ3) is 4.64. The largest absolute Gasteiger partial charge is 0.483 e. The van der Waals surface area contributed by atoms with E-state index < -0.39 is 17.3 Å². The van der Waals surface area contributed by atoms with E-state index in [0.717, 1.165) is 5.56 Å². The molecular weight excluding hydrogens is 360 g/mol. The van der Waals surface area contributed by atoms with Crippen molar-refractivity contribution in [2.45, 2.75) is 6.61 Å². The number of carbonyl (C=O) groups excluding carboxylic acids is 2. The van der Waals surface area contributed by atoms with Crippen molar-refractivity contribution in [3.8, 4) is 5.75 Å². The van der Waals surface area contributed by atoms with Crippen molar-refractivity contribution in [1.29, 1.82) is 0 Å². The van der Waals surface area contributed by atoms with Crippen LogP contribution in [0, 0.1) is 0 Å². The summed E-state index contributed by atoms with van der Waals surface area (Å²) in [4.78, 5) is 38.7. The van der Waals surface area contributed by atoms with E-state index in [-0.39, 0.29) is 18.1 Å². The Kier molecular flexibility index (Phi) is 5.86. The Morgan fingerprint density at radius 3 is 2.39 bits per heavy atom. The molecule has 7 heteroatoms. The van der Waals surface area contributed by atoms with Gasteiger partial charge in [-0.05, 0) is 29.8 Å². The average Bonchev–Trinajstić information content (AvgIpc) is 2.73. The fourth-order valence-electron chi connectivity index (χ4n) is 2.44. The van der Waals surface area contributed by atoms with Crippen LogP contribution >= 0.6 is 0 Å². The molecule has 0 fully saturated rings. The molecule has 0 bridgehead atoms. The number of pyridine rings is 1. The van der Waals surface area contributed by atoms with Gasteiger partial charge in [-0.15, -0.1) is 0 Å². The standard InChI is InChI=1S/C21H18N2O5/c1-27-21(26)15-7-9-16(10-8-15)23-20(25)17-11-18(24)19(12-22-17)28-13-14-5-3-2-4-6-14/h2-12H,13H2,1H3,(H,22,24)(H,23,25). The lowest BCUT2D eigenvalue weighted by molar-refractivity contribution is 0.0600. The highest BCUT2D eigenvalue weighted by Crippen LogP contribution is 2.12. The third-order valence-electron chi connectivity index (χ3n) is 3.92. The number of esters is 1. The molecule has 2 aromatic carbocycles. The number of aromatic nitrogens is 1. The highest BCUT2D eigenvalue weighted by Gasteiger charge is 2.11. The van der Waals surface area contributed by atoms with Crippen LogP contribution in [0.2, 0.25) is 0 Å². The van der Waals surface area contributed by atoms with E-state index in [0.29, 0.717) is 11.3 Å². The number of hydrogen-bond acceptors (Lipinski definition) is 5. The van der Waals surface area contributed by atoms with Crippen LogP contribution in [0.3, 0.4) is 0 Å². The zero-order chi connectivity index (χ0) is 19.9. The summed E-state index contributed by atoms with van der Waals surface area (Å²) in [5, 5.41) is 2.64. The first-order valence-corrected chi connectivity index (χ1v) is 8.46. The van der Waals surface area contributed by atoms with E-state index >= 15 is 0 Å². The summed E-state index contributed by atoms with van der Waals surface area (Å²) in [6.07, 6.45) is 1.36. The Morgan fingerprint density at radius 2 is 1.75 bits per heavy atom. The Balaban J connectivity index is 1.65.